The van der Waals surface area contributed by atoms with Crippen LogP contribution >= 0.6 is 38.9 Å². The van der Waals surface area contributed by atoms with Crippen molar-refractivity contribution in [3.63, 3.8) is 0 Å². The molecule has 15 heavy (non-hydrogen) atoms. The molecule has 0 aliphatic rings. The predicted octanol–water partition coefficient (Wildman–Crippen LogP) is 2.56. The SMILES string of the molecule is NCC(OCCCO)c1cc(Br)c(Cl)s1. The molecule has 86 valence electrons. The molecule has 0 aliphatic heterocycles. The van der Waals surface area contributed by atoms with E-state index in [-0.39, 0.29) is 12.7 Å². The molecule has 1 aromatic rings. The van der Waals surface area contributed by atoms with Crippen molar-refractivity contribution in [3.8, 4) is 0 Å². The van der Waals surface area contributed by atoms with Gasteiger partial charge in [0.2, 0.25) is 0 Å². The smallest absolute Gasteiger partial charge is 0.107 e. The molecule has 0 bridgehead atoms. The van der Waals surface area contributed by atoms with E-state index in [2.05, 4.69) is 15.9 Å². The number of aliphatic hydroxyl groups excluding tert-OH is 1. The molecule has 6 heteroatoms. The zero-order chi connectivity index (χ0) is 11.3. The molecule has 0 amide bonds. The van der Waals surface area contributed by atoms with Gasteiger partial charge in [-0.15, -0.1) is 11.3 Å². The first-order valence-corrected chi connectivity index (χ1v) is 6.55. The summed E-state index contributed by atoms with van der Waals surface area (Å²) in [5.41, 5.74) is 5.61. The van der Waals surface area contributed by atoms with Gasteiger partial charge in [0.25, 0.3) is 0 Å². The Morgan fingerprint density at radius 1 is 1.67 bits per heavy atom. The van der Waals surface area contributed by atoms with Crippen LogP contribution in [0, 0.1) is 0 Å². The van der Waals surface area contributed by atoms with Crippen LogP contribution in [0.4, 0.5) is 0 Å². The largest absolute Gasteiger partial charge is 0.396 e. The lowest BCUT2D eigenvalue weighted by Crippen LogP contribution is -2.15. The normalized spacial score (nSPS) is 13.1. The van der Waals surface area contributed by atoms with Gasteiger partial charge in [0, 0.05) is 29.1 Å². The van der Waals surface area contributed by atoms with Gasteiger partial charge in [0.1, 0.15) is 10.4 Å². The summed E-state index contributed by atoms with van der Waals surface area (Å²) in [4.78, 5) is 1.01. The van der Waals surface area contributed by atoms with E-state index >= 15 is 0 Å². The average molecular weight is 315 g/mol. The monoisotopic (exact) mass is 313 g/mol. The number of hydrogen-bond acceptors (Lipinski definition) is 4. The number of hydrogen-bond donors (Lipinski definition) is 2. The highest BCUT2D eigenvalue weighted by Gasteiger charge is 2.14. The van der Waals surface area contributed by atoms with Gasteiger partial charge in [-0.25, -0.2) is 0 Å². The molecular weight excluding hydrogens is 302 g/mol. The van der Waals surface area contributed by atoms with Crippen LogP contribution in [0.1, 0.15) is 17.4 Å². The number of rotatable bonds is 6. The first-order chi connectivity index (χ1) is 7.19. The van der Waals surface area contributed by atoms with Crippen LogP contribution in [0.2, 0.25) is 4.34 Å². The average Bonchev–Trinajstić information content (AvgIpc) is 2.54. The molecule has 0 fully saturated rings. The van der Waals surface area contributed by atoms with Crippen molar-refractivity contribution in [1.82, 2.24) is 0 Å². The van der Waals surface area contributed by atoms with Crippen molar-refractivity contribution in [2.24, 2.45) is 5.73 Å². The minimum Gasteiger partial charge on any atom is -0.396 e. The number of halogens is 2. The molecule has 0 radical (unpaired) electrons. The molecule has 1 heterocycles. The lowest BCUT2D eigenvalue weighted by atomic mass is 10.3. The van der Waals surface area contributed by atoms with Gasteiger partial charge in [-0.3, -0.25) is 0 Å². The van der Waals surface area contributed by atoms with E-state index in [4.69, 9.17) is 27.2 Å². The lowest BCUT2D eigenvalue weighted by Gasteiger charge is -2.13. The van der Waals surface area contributed by atoms with Crippen LogP contribution in [-0.4, -0.2) is 24.9 Å². The second kappa shape index (κ2) is 6.83. The van der Waals surface area contributed by atoms with Gasteiger partial charge in [0.15, 0.2) is 0 Å². The highest BCUT2D eigenvalue weighted by molar-refractivity contribution is 9.10. The van der Waals surface area contributed by atoms with Crippen molar-refractivity contribution < 1.29 is 9.84 Å². The molecule has 1 aromatic heterocycles. The number of thiophene rings is 1. The molecule has 0 spiro atoms. The third-order valence-electron chi connectivity index (χ3n) is 1.82. The summed E-state index contributed by atoms with van der Waals surface area (Å²) in [5.74, 6) is 0. The first kappa shape index (κ1) is 13.4. The van der Waals surface area contributed by atoms with Crippen molar-refractivity contribution in [2.45, 2.75) is 12.5 Å². The van der Waals surface area contributed by atoms with Crippen molar-refractivity contribution in [3.05, 3.63) is 19.8 Å². The van der Waals surface area contributed by atoms with E-state index < -0.39 is 0 Å². The predicted molar refractivity (Wildman–Crippen MR) is 66.5 cm³/mol. The van der Waals surface area contributed by atoms with Gasteiger partial charge in [-0.1, -0.05) is 11.6 Å². The van der Waals surface area contributed by atoms with E-state index in [0.29, 0.717) is 23.9 Å². The standard InChI is InChI=1S/C9H13BrClNO2S/c10-6-4-8(15-9(6)11)7(5-12)14-3-1-2-13/h4,7,13H,1-3,5,12H2. The highest BCUT2D eigenvalue weighted by Crippen LogP contribution is 2.36. The highest BCUT2D eigenvalue weighted by atomic mass is 79.9. The van der Waals surface area contributed by atoms with Crippen LogP contribution in [0.25, 0.3) is 0 Å². The molecule has 1 unspecified atom stereocenters. The Balaban J connectivity index is 2.57. The maximum Gasteiger partial charge on any atom is 0.107 e. The quantitative estimate of drug-likeness (QED) is 0.794. The lowest BCUT2D eigenvalue weighted by molar-refractivity contribution is 0.0510. The van der Waals surface area contributed by atoms with Gasteiger partial charge < -0.3 is 15.6 Å². The van der Waals surface area contributed by atoms with E-state index in [1.807, 2.05) is 6.07 Å². The number of nitrogens with two attached hydrogens (primary N) is 1. The fraction of sp³-hybridized carbons (Fsp3) is 0.556. The minimum absolute atomic E-state index is 0.131. The van der Waals surface area contributed by atoms with Crippen molar-refractivity contribution in [2.75, 3.05) is 19.8 Å². The van der Waals surface area contributed by atoms with E-state index in [9.17, 15) is 0 Å². The van der Waals surface area contributed by atoms with Crippen LogP contribution < -0.4 is 5.73 Å². The zero-order valence-corrected chi connectivity index (χ0v) is 11.2. The molecular formula is C9H13BrClNO2S. The Labute approximate surface area is 106 Å². The summed E-state index contributed by atoms with van der Waals surface area (Å²) < 4.78 is 7.10. The van der Waals surface area contributed by atoms with Gasteiger partial charge >= 0.3 is 0 Å². The molecule has 1 atom stereocenters. The number of aliphatic hydroxyl groups is 1. The molecule has 0 saturated heterocycles. The summed E-state index contributed by atoms with van der Waals surface area (Å²) in [6.07, 6.45) is 0.488. The summed E-state index contributed by atoms with van der Waals surface area (Å²) in [6.45, 7) is 1.05. The van der Waals surface area contributed by atoms with E-state index in [1.54, 1.807) is 0 Å². The number of ether oxygens (including phenoxy) is 1. The summed E-state index contributed by atoms with van der Waals surface area (Å²) in [5, 5.41) is 8.63. The molecule has 0 aliphatic carbocycles. The maximum absolute atomic E-state index is 8.63. The van der Waals surface area contributed by atoms with Crippen LogP contribution in [-0.2, 0) is 4.74 Å². The third kappa shape index (κ3) is 4.01. The minimum atomic E-state index is -0.134. The van der Waals surface area contributed by atoms with Crippen molar-refractivity contribution >= 4 is 38.9 Å². The first-order valence-electron chi connectivity index (χ1n) is 4.56. The second-order valence-corrected chi connectivity index (χ2v) is 5.48. The van der Waals surface area contributed by atoms with Crippen LogP contribution in [0.5, 0.6) is 0 Å². The summed E-state index contributed by atoms with van der Waals surface area (Å²) in [7, 11) is 0. The van der Waals surface area contributed by atoms with Gasteiger partial charge in [-0.2, -0.15) is 0 Å². The fourth-order valence-corrected chi connectivity index (χ4v) is 2.88. The Morgan fingerprint density at radius 2 is 2.40 bits per heavy atom. The molecule has 3 nitrogen and oxygen atoms in total. The summed E-state index contributed by atoms with van der Waals surface area (Å²) in [6, 6.07) is 1.92. The maximum atomic E-state index is 8.63. The van der Waals surface area contributed by atoms with Crippen LogP contribution in [0.3, 0.4) is 0 Å². The van der Waals surface area contributed by atoms with Gasteiger partial charge in [0.05, 0.1) is 0 Å². The topological polar surface area (TPSA) is 55.5 Å². The molecule has 1 rings (SSSR count). The molecule has 0 saturated carbocycles. The van der Waals surface area contributed by atoms with E-state index in [0.717, 1.165) is 9.35 Å². The van der Waals surface area contributed by atoms with Crippen LogP contribution in [0.15, 0.2) is 10.5 Å². The Bertz CT molecular complexity index is 289. The molecule has 3 N–H and O–H groups in total. The summed E-state index contributed by atoms with van der Waals surface area (Å²) >= 11 is 10.7. The second-order valence-electron chi connectivity index (χ2n) is 2.94. The van der Waals surface area contributed by atoms with Crippen molar-refractivity contribution in [1.29, 1.82) is 0 Å². The zero-order valence-electron chi connectivity index (χ0n) is 8.08. The van der Waals surface area contributed by atoms with E-state index in [1.165, 1.54) is 11.3 Å². The molecule has 0 aromatic carbocycles. The third-order valence-corrected chi connectivity index (χ3v) is 4.38. The Kier molecular flexibility index (Phi) is 6.11. The van der Waals surface area contributed by atoms with Gasteiger partial charge in [-0.05, 0) is 28.4 Å². The fourth-order valence-electron chi connectivity index (χ4n) is 1.08. The Hall–Kier alpha value is 0.350. The Morgan fingerprint density at radius 3 is 2.87 bits per heavy atom.